The molecule has 2 aromatic rings. The van der Waals surface area contributed by atoms with Crippen molar-refractivity contribution < 1.29 is 14.3 Å². The van der Waals surface area contributed by atoms with Gasteiger partial charge in [0.05, 0.1) is 35.7 Å². The zero-order valence-corrected chi connectivity index (χ0v) is 14.5. The SMILES string of the molecule is O=C(Nc1ccc(OCCN2CCOCC2)nc1)c1ccccc1Cl. The van der Waals surface area contributed by atoms with E-state index in [2.05, 4.69) is 15.2 Å². The first-order valence-corrected chi connectivity index (χ1v) is 8.55. The summed E-state index contributed by atoms with van der Waals surface area (Å²) in [5.74, 6) is 0.261. The number of morpholine rings is 1. The quantitative estimate of drug-likeness (QED) is 0.857. The Morgan fingerprint density at radius 3 is 2.76 bits per heavy atom. The van der Waals surface area contributed by atoms with Gasteiger partial charge in [-0.2, -0.15) is 0 Å². The van der Waals surface area contributed by atoms with E-state index in [-0.39, 0.29) is 5.91 Å². The summed E-state index contributed by atoms with van der Waals surface area (Å²) in [4.78, 5) is 18.7. The van der Waals surface area contributed by atoms with Gasteiger partial charge in [0, 0.05) is 25.7 Å². The number of aromatic nitrogens is 1. The zero-order chi connectivity index (χ0) is 17.5. The van der Waals surface area contributed by atoms with Crippen molar-refractivity contribution in [1.82, 2.24) is 9.88 Å². The van der Waals surface area contributed by atoms with Gasteiger partial charge in [-0.25, -0.2) is 4.98 Å². The minimum atomic E-state index is -0.270. The number of benzene rings is 1. The third-order valence-electron chi connectivity index (χ3n) is 3.87. The van der Waals surface area contributed by atoms with Crippen LogP contribution in [0, 0.1) is 0 Å². The molecule has 0 saturated carbocycles. The summed E-state index contributed by atoms with van der Waals surface area (Å²) in [5.41, 5.74) is 1.01. The molecule has 1 saturated heterocycles. The molecule has 1 aliphatic heterocycles. The molecule has 0 unspecified atom stereocenters. The molecule has 0 aliphatic carbocycles. The van der Waals surface area contributed by atoms with Gasteiger partial charge in [0.1, 0.15) is 6.61 Å². The summed E-state index contributed by atoms with van der Waals surface area (Å²) in [7, 11) is 0. The van der Waals surface area contributed by atoms with E-state index in [9.17, 15) is 4.79 Å². The number of ether oxygens (including phenoxy) is 2. The second-order valence-electron chi connectivity index (χ2n) is 5.62. The van der Waals surface area contributed by atoms with Crippen molar-refractivity contribution >= 4 is 23.2 Å². The number of carbonyl (C=O) groups excluding carboxylic acids is 1. The number of nitrogens with zero attached hydrogens (tertiary/aromatic N) is 2. The molecule has 1 aliphatic rings. The molecule has 3 rings (SSSR count). The van der Waals surface area contributed by atoms with Crippen LogP contribution in [0.25, 0.3) is 0 Å². The topological polar surface area (TPSA) is 63.7 Å². The van der Waals surface area contributed by atoms with Gasteiger partial charge in [0.25, 0.3) is 5.91 Å². The van der Waals surface area contributed by atoms with Crippen LogP contribution >= 0.6 is 11.6 Å². The molecule has 132 valence electrons. The van der Waals surface area contributed by atoms with Crippen LogP contribution in [0.3, 0.4) is 0 Å². The molecule has 1 N–H and O–H groups in total. The van der Waals surface area contributed by atoms with E-state index in [1.807, 2.05) is 0 Å². The molecule has 1 fully saturated rings. The number of rotatable bonds is 6. The van der Waals surface area contributed by atoms with Crippen LogP contribution in [0.1, 0.15) is 10.4 Å². The summed E-state index contributed by atoms with van der Waals surface area (Å²) in [6.07, 6.45) is 1.57. The number of pyridine rings is 1. The van der Waals surface area contributed by atoms with E-state index in [1.54, 1.807) is 42.6 Å². The van der Waals surface area contributed by atoms with Gasteiger partial charge in [-0.1, -0.05) is 23.7 Å². The fourth-order valence-electron chi connectivity index (χ4n) is 2.49. The third-order valence-corrected chi connectivity index (χ3v) is 4.20. The monoisotopic (exact) mass is 361 g/mol. The van der Waals surface area contributed by atoms with E-state index in [0.717, 1.165) is 32.8 Å². The Hall–Kier alpha value is -2.15. The van der Waals surface area contributed by atoms with E-state index >= 15 is 0 Å². The van der Waals surface area contributed by atoms with Crippen LogP contribution in [-0.4, -0.2) is 55.2 Å². The summed E-state index contributed by atoms with van der Waals surface area (Å²) < 4.78 is 11.0. The maximum absolute atomic E-state index is 12.2. The number of hydrogen-bond donors (Lipinski definition) is 1. The Balaban J connectivity index is 1.48. The highest BCUT2D eigenvalue weighted by Crippen LogP contribution is 2.18. The van der Waals surface area contributed by atoms with Gasteiger partial charge in [-0.05, 0) is 18.2 Å². The Kier molecular flexibility index (Phi) is 6.22. The number of hydrogen-bond acceptors (Lipinski definition) is 5. The highest BCUT2D eigenvalue weighted by atomic mass is 35.5. The van der Waals surface area contributed by atoms with Gasteiger partial charge in [-0.3, -0.25) is 9.69 Å². The number of carbonyl (C=O) groups is 1. The lowest BCUT2D eigenvalue weighted by molar-refractivity contribution is 0.0320. The van der Waals surface area contributed by atoms with Gasteiger partial charge in [-0.15, -0.1) is 0 Å². The van der Waals surface area contributed by atoms with Crippen LogP contribution in [0.4, 0.5) is 5.69 Å². The van der Waals surface area contributed by atoms with E-state index in [0.29, 0.717) is 28.8 Å². The Morgan fingerprint density at radius 2 is 2.04 bits per heavy atom. The minimum absolute atomic E-state index is 0.270. The van der Waals surface area contributed by atoms with Gasteiger partial charge >= 0.3 is 0 Å². The fourth-order valence-corrected chi connectivity index (χ4v) is 2.71. The molecule has 2 heterocycles. The predicted molar refractivity (Wildman–Crippen MR) is 96.4 cm³/mol. The van der Waals surface area contributed by atoms with Crippen LogP contribution in [0.2, 0.25) is 5.02 Å². The van der Waals surface area contributed by atoms with Crippen molar-refractivity contribution in [3.05, 3.63) is 53.2 Å². The van der Waals surface area contributed by atoms with Crippen LogP contribution < -0.4 is 10.1 Å². The van der Waals surface area contributed by atoms with Crippen LogP contribution in [-0.2, 0) is 4.74 Å². The predicted octanol–water partition coefficient (Wildman–Crippen LogP) is 2.70. The summed E-state index contributed by atoms with van der Waals surface area (Å²) in [6.45, 7) is 4.83. The number of halogens is 1. The van der Waals surface area contributed by atoms with Gasteiger partial charge in [0.15, 0.2) is 0 Å². The molecule has 1 aromatic heterocycles. The molecule has 0 bridgehead atoms. The largest absolute Gasteiger partial charge is 0.476 e. The standard InChI is InChI=1S/C18H20ClN3O3/c19-16-4-2-1-3-15(16)18(23)21-14-5-6-17(20-13-14)25-12-9-22-7-10-24-11-8-22/h1-6,13H,7-12H2,(H,21,23). The molecular weight excluding hydrogens is 342 g/mol. The lowest BCUT2D eigenvalue weighted by Crippen LogP contribution is -2.38. The first-order chi connectivity index (χ1) is 12.2. The van der Waals surface area contributed by atoms with Gasteiger partial charge < -0.3 is 14.8 Å². The summed E-state index contributed by atoms with van der Waals surface area (Å²) >= 11 is 6.02. The average Bonchev–Trinajstić information content (AvgIpc) is 2.64. The fraction of sp³-hybridized carbons (Fsp3) is 0.333. The summed E-state index contributed by atoms with van der Waals surface area (Å²) in [6, 6.07) is 10.4. The minimum Gasteiger partial charge on any atom is -0.476 e. The number of nitrogens with one attached hydrogen (secondary N) is 1. The van der Waals surface area contributed by atoms with Crippen LogP contribution in [0.15, 0.2) is 42.6 Å². The first kappa shape index (κ1) is 17.7. The van der Waals surface area contributed by atoms with Crippen molar-refractivity contribution in [2.75, 3.05) is 44.8 Å². The second kappa shape index (κ2) is 8.80. The van der Waals surface area contributed by atoms with E-state index in [4.69, 9.17) is 21.1 Å². The zero-order valence-electron chi connectivity index (χ0n) is 13.8. The number of amides is 1. The van der Waals surface area contributed by atoms with Crippen molar-refractivity contribution in [3.8, 4) is 5.88 Å². The maximum atomic E-state index is 12.2. The van der Waals surface area contributed by atoms with Crippen molar-refractivity contribution in [2.24, 2.45) is 0 Å². The van der Waals surface area contributed by atoms with Crippen LogP contribution in [0.5, 0.6) is 5.88 Å². The summed E-state index contributed by atoms with van der Waals surface area (Å²) in [5, 5.41) is 3.18. The molecule has 25 heavy (non-hydrogen) atoms. The highest BCUT2D eigenvalue weighted by Gasteiger charge is 2.11. The van der Waals surface area contributed by atoms with Crippen molar-refractivity contribution in [2.45, 2.75) is 0 Å². The van der Waals surface area contributed by atoms with Gasteiger partial charge in [0.2, 0.25) is 5.88 Å². The third kappa shape index (κ3) is 5.16. The van der Waals surface area contributed by atoms with Crippen molar-refractivity contribution in [3.63, 3.8) is 0 Å². The molecule has 7 heteroatoms. The molecular formula is C18H20ClN3O3. The molecule has 0 radical (unpaired) electrons. The molecule has 1 aromatic carbocycles. The smallest absolute Gasteiger partial charge is 0.257 e. The lowest BCUT2D eigenvalue weighted by Gasteiger charge is -2.26. The second-order valence-corrected chi connectivity index (χ2v) is 6.03. The highest BCUT2D eigenvalue weighted by molar-refractivity contribution is 6.34. The molecule has 0 atom stereocenters. The lowest BCUT2D eigenvalue weighted by atomic mass is 10.2. The molecule has 0 spiro atoms. The number of anilines is 1. The Morgan fingerprint density at radius 1 is 1.24 bits per heavy atom. The maximum Gasteiger partial charge on any atom is 0.257 e. The van der Waals surface area contributed by atoms with Crippen molar-refractivity contribution in [1.29, 1.82) is 0 Å². The first-order valence-electron chi connectivity index (χ1n) is 8.17. The van der Waals surface area contributed by atoms with E-state index < -0.39 is 0 Å². The Bertz CT molecular complexity index is 703. The average molecular weight is 362 g/mol. The Labute approximate surface area is 151 Å². The molecule has 1 amide bonds. The molecule has 6 nitrogen and oxygen atoms in total. The normalized spacial score (nSPS) is 14.9. The van der Waals surface area contributed by atoms with E-state index in [1.165, 1.54) is 0 Å².